The van der Waals surface area contributed by atoms with Gasteiger partial charge in [-0.1, -0.05) is 0 Å². The molecule has 1 aliphatic rings. The molecule has 0 radical (unpaired) electrons. The number of rotatable bonds is 3. The lowest BCUT2D eigenvalue weighted by Crippen LogP contribution is -2.43. The van der Waals surface area contributed by atoms with E-state index in [1.807, 2.05) is 6.07 Å². The Labute approximate surface area is 82.1 Å². The highest BCUT2D eigenvalue weighted by Gasteiger charge is 2.26. The summed E-state index contributed by atoms with van der Waals surface area (Å²) in [6.07, 6.45) is 3.22. The lowest BCUT2D eigenvalue weighted by molar-refractivity contribution is -0.102. The fourth-order valence-electron chi connectivity index (χ4n) is 1.57. The Bertz CT molecular complexity index is 257. The quantitative estimate of drug-likeness (QED) is 0.536. The molecule has 0 aromatic carbocycles. The SMILES string of the molecule is NNC(c1ccoc1)C1COCCO1. The lowest BCUT2D eigenvalue weighted by Gasteiger charge is -2.29. The Morgan fingerprint density at radius 1 is 1.50 bits per heavy atom. The first-order valence-corrected chi connectivity index (χ1v) is 4.59. The van der Waals surface area contributed by atoms with Crippen LogP contribution in [-0.2, 0) is 9.47 Å². The van der Waals surface area contributed by atoms with Gasteiger partial charge in [0.15, 0.2) is 0 Å². The summed E-state index contributed by atoms with van der Waals surface area (Å²) in [6, 6.07) is 1.79. The monoisotopic (exact) mass is 198 g/mol. The number of nitrogens with one attached hydrogen (secondary N) is 1. The highest BCUT2D eigenvalue weighted by atomic mass is 16.6. The number of ether oxygens (including phenoxy) is 2. The molecule has 0 amide bonds. The number of hydrogen-bond donors (Lipinski definition) is 2. The van der Waals surface area contributed by atoms with Crippen molar-refractivity contribution in [3.63, 3.8) is 0 Å². The second kappa shape index (κ2) is 4.56. The van der Waals surface area contributed by atoms with Crippen molar-refractivity contribution in [2.45, 2.75) is 12.1 Å². The van der Waals surface area contributed by atoms with Gasteiger partial charge in [-0.15, -0.1) is 0 Å². The molecule has 1 aromatic heterocycles. The van der Waals surface area contributed by atoms with Crippen molar-refractivity contribution in [2.24, 2.45) is 5.84 Å². The van der Waals surface area contributed by atoms with E-state index in [2.05, 4.69) is 5.43 Å². The van der Waals surface area contributed by atoms with Gasteiger partial charge in [0, 0.05) is 5.56 Å². The van der Waals surface area contributed by atoms with E-state index < -0.39 is 0 Å². The van der Waals surface area contributed by atoms with Gasteiger partial charge in [0.25, 0.3) is 0 Å². The van der Waals surface area contributed by atoms with E-state index in [0.717, 1.165) is 5.56 Å². The Morgan fingerprint density at radius 2 is 2.43 bits per heavy atom. The standard InChI is InChI=1S/C9H14N2O3/c10-11-9(7-1-2-12-5-7)8-6-13-3-4-14-8/h1-2,5,8-9,11H,3-4,6,10H2. The molecule has 5 nitrogen and oxygen atoms in total. The van der Waals surface area contributed by atoms with Crippen LogP contribution in [0.5, 0.6) is 0 Å². The number of furan rings is 1. The molecule has 1 fully saturated rings. The third kappa shape index (κ3) is 1.96. The van der Waals surface area contributed by atoms with Crippen LogP contribution in [0.15, 0.2) is 23.0 Å². The molecule has 0 saturated carbocycles. The fourth-order valence-corrected chi connectivity index (χ4v) is 1.57. The van der Waals surface area contributed by atoms with Gasteiger partial charge in [-0.2, -0.15) is 0 Å². The predicted octanol–water partition coefficient (Wildman–Crippen LogP) is 0.199. The van der Waals surface area contributed by atoms with Crippen LogP contribution in [0.25, 0.3) is 0 Å². The van der Waals surface area contributed by atoms with Crippen molar-refractivity contribution < 1.29 is 13.9 Å². The van der Waals surface area contributed by atoms with Gasteiger partial charge in [0.1, 0.15) is 6.10 Å². The summed E-state index contributed by atoms with van der Waals surface area (Å²) in [5.74, 6) is 5.47. The molecular formula is C9H14N2O3. The van der Waals surface area contributed by atoms with Crippen molar-refractivity contribution in [1.29, 1.82) is 0 Å². The zero-order valence-corrected chi connectivity index (χ0v) is 7.81. The molecule has 2 unspecified atom stereocenters. The summed E-state index contributed by atoms with van der Waals surface area (Å²) in [6.45, 7) is 1.82. The molecule has 14 heavy (non-hydrogen) atoms. The van der Waals surface area contributed by atoms with Crippen LogP contribution < -0.4 is 11.3 Å². The molecule has 2 heterocycles. The van der Waals surface area contributed by atoms with Gasteiger partial charge in [-0.3, -0.25) is 11.3 Å². The number of hydrogen-bond acceptors (Lipinski definition) is 5. The highest BCUT2D eigenvalue weighted by Crippen LogP contribution is 2.20. The number of nitrogens with two attached hydrogens (primary N) is 1. The summed E-state index contributed by atoms with van der Waals surface area (Å²) in [5, 5.41) is 0. The van der Waals surface area contributed by atoms with E-state index in [-0.39, 0.29) is 12.1 Å². The summed E-state index contributed by atoms with van der Waals surface area (Å²) >= 11 is 0. The van der Waals surface area contributed by atoms with Gasteiger partial charge >= 0.3 is 0 Å². The molecule has 0 aliphatic carbocycles. The van der Waals surface area contributed by atoms with Gasteiger partial charge in [-0.05, 0) is 6.07 Å². The second-order valence-electron chi connectivity index (χ2n) is 3.19. The maximum absolute atomic E-state index is 5.55. The van der Waals surface area contributed by atoms with Crippen molar-refractivity contribution in [3.8, 4) is 0 Å². The first kappa shape index (κ1) is 9.67. The topological polar surface area (TPSA) is 69.7 Å². The summed E-state index contributed by atoms with van der Waals surface area (Å²) in [7, 11) is 0. The third-order valence-electron chi connectivity index (χ3n) is 2.30. The molecule has 0 spiro atoms. The van der Waals surface area contributed by atoms with Crippen LogP contribution in [0.4, 0.5) is 0 Å². The molecule has 1 aliphatic heterocycles. The molecule has 1 aromatic rings. The van der Waals surface area contributed by atoms with E-state index in [9.17, 15) is 0 Å². The van der Waals surface area contributed by atoms with Crippen molar-refractivity contribution in [2.75, 3.05) is 19.8 Å². The minimum Gasteiger partial charge on any atom is -0.472 e. The molecule has 1 saturated heterocycles. The Balaban J connectivity index is 2.04. The molecule has 2 atom stereocenters. The van der Waals surface area contributed by atoms with E-state index >= 15 is 0 Å². The van der Waals surface area contributed by atoms with Crippen LogP contribution in [0.1, 0.15) is 11.6 Å². The molecule has 5 heteroatoms. The minimum atomic E-state index is -0.0750. The van der Waals surface area contributed by atoms with Crippen LogP contribution in [0.2, 0.25) is 0 Å². The van der Waals surface area contributed by atoms with Crippen LogP contribution in [0, 0.1) is 0 Å². The van der Waals surface area contributed by atoms with Gasteiger partial charge in [0.2, 0.25) is 0 Å². The first-order chi connectivity index (χ1) is 6.92. The van der Waals surface area contributed by atoms with Crippen LogP contribution >= 0.6 is 0 Å². The normalized spacial score (nSPS) is 24.8. The van der Waals surface area contributed by atoms with E-state index in [1.54, 1.807) is 12.5 Å². The molecule has 0 bridgehead atoms. The van der Waals surface area contributed by atoms with Crippen molar-refractivity contribution in [1.82, 2.24) is 5.43 Å². The zero-order chi connectivity index (χ0) is 9.80. The Morgan fingerprint density at radius 3 is 3.00 bits per heavy atom. The smallest absolute Gasteiger partial charge is 0.102 e. The Kier molecular flexibility index (Phi) is 3.15. The summed E-state index contributed by atoms with van der Waals surface area (Å²) in [4.78, 5) is 0. The second-order valence-corrected chi connectivity index (χ2v) is 3.19. The highest BCUT2D eigenvalue weighted by molar-refractivity contribution is 5.13. The van der Waals surface area contributed by atoms with Gasteiger partial charge in [-0.25, -0.2) is 0 Å². The largest absolute Gasteiger partial charge is 0.472 e. The van der Waals surface area contributed by atoms with E-state index in [0.29, 0.717) is 19.8 Å². The average Bonchev–Trinajstić information content (AvgIpc) is 2.74. The fraction of sp³-hybridized carbons (Fsp3) is 0.556. The minimum absolute atomic E-state index is 0.0497. The van der Waals surface area contributed by atoms with Crippen LogP contribution in [0.3, 0.4) is 0 Å². The van der Waals surface area contributed by atoms with Crippen molar-refractivity contribution >= 4 is 0 Å². The molecular weight excluding hydrogens is 184 g/mol. The molecule has 78 valence electrons. The maximum Gasteiger partial charge on any atom is 0.102 e. The first-order valence-electron chi connectivity index (χ1n) is 4.59. The third-order valence-corrected chi connectivity index (χ3v) is 2.30. The molecule has 3 N–H and O–H groups in total. The predicted molar refractivity (Wildman–Crippen MR) is 49.3 cm³/mol. The summed E-state index contributed by atoms with van der Waals surface area (Å²) < 4.78 is 15.9. The summed E-state index contributed by atoms with van der Waals surface area (Å²) in [5.41, 5.74) is 3.68. The van der Waals surface area contributed by atoms with Crippen molar-refractivity contribution in [3.05, 3.63) is 24.2 Å². The van der Waals surface area contributed by atoms with Crippen LogP contribution in [-0.4, -0.2) is 25.9 Å². The van der Waals surface area contributed by atoms with Gasteiger partial charge in [0.05, 0.1) is 38.4 Å². The number of hydrazine groups is 1. The zero-order valence-electron chi connectivity index (χ0n) is 7.81. The Hall–Kier alpha value is -0.880. The maximum atomic E-state index is 5.55. The van der Waals surface area contributed by atoms with E-state index in [1.165, 1.54) is 0 Å². The lowest BCUT2D eigenvalue weighted by atomic mass is 10.1. The van der Waals surface area contributed by atoms with E-state index in [4.69, 9.17) is 19.7 Å². The molecule has 2 rings (SSSR count). The van der Waals surface area contributed by atoms with Gasteiger partial charge < -0.3 is 13.9 Å². The average molecular weight is 198 g/mol.